The Morgan fingerprint density at radius 3 is 2.42 bits per heavy atom. The number of nitrogens with one attached hydrogen (secondary N) is 3. The minimum absolute atomic E-state index is 0.0575. The Labute approximate surface area is 248 Å². The molecule has 0 bridgehead atoms. The SMILES string of the molecule is COC1=CC(C(=O)NC[C@](O)(c2cc(C(C)(C)C(N)=O)c(F)c(-c3ccc(F)cc3)n2)C2CC2)=C/C(=C/NC2CC2)C1=N. The second kappa shape index (κ2) is 11.4. The summed E-state index contributed by atoms with van der Waals surface area (Å²) in [6.07, 6.45) is 8.08. The van der Waals surface area contributed by atoms with Gasteiger partial charge in [-0.2, -0.15) is 0 Å². The molecule has 226 valence electrons. The molecule has 0 saturated heterocycles. The fraction of sp³-hybridized carbons (Fsp3) is 0.375. The number of carbonyl (C=O) groups excluding carboxylic acids is 2. The Morgan fingerprint density at radius 1 is 1.16 bits per heavy atom. The van der Waals surface area contributed by atoms with Gasteiger partial charge in [-0.15, -0.1) is 0 Å². The number of pyridine rings is 1. The number of nitrogens with two attached hydrogens (primary N) is 1. The Morgan fingerprint density at radius 2 is 1.84 bits per heavy atom. The van der Waals surface area contributed by atoms with Gasteiger partial charge in [-0.3, -0.25) is 15.0 Å². The molecule has 0 unspecified atom stereocenters. The molecule has 5 rings (SSSR count). The van der Waals surface area contributed by atoms with Gasteiger partial charge in [0, 0.05) is 34.5 Å². The fourth-order valence-corrected chi connectivity index (χ4v) is 4.96. The van der Waals surface area contributed by atoms with E-state index in [-0.39, 0.29) is 52.0 Å². The highest BCUT2D eigenvalue weighted by molar-refractivity contribution is 6.15. The monoisotopic (exact) mass is 591 g/mol. The van der Waals surface area contributed by atoms with E-state index in [0.717, 1.165) is 25.0 Å². The van der Waals surface area contributed by atoms with Crippen molar-refractivity contribution in [2.45, 2.75) is 56.6 Å². The number of benzene rings is 1. The molecule has 3 aliphatic rings. The normalized spacial score (nSPS) is 19.3. The molecule has 0 aliphatic heterocycles. The smallest absolute Gasteiger partial charge is 0.251 e. The van der Waals surface area contributed by atoms with Gasteiger partial charge in [-0.1, -0.05) is 0 Å². The van der Waals surface area contributed by atoms with Crippen LogP contribution >= 0.6 is 0 Å². The predicted molar refractivity (Wildman–Crippen MR) is 157 cm³/mol. The van der Waals surface area contributed by atoms with Crippen LogP contribution in [0.15, 0.2) is 65.6 Å². The van der Waals surface area contributed by atoms with Crippen molar-refractivity contribution in [2.24, 2.45) is 11.7 Å². The lowest BCUT2D eigenvalue weighted by molar-refractivity contribution is -0.122. The third-order valence-electron chi connectivity index (χ3n) is 8.25. The van der Waals surface area contributed by atoms with Gasteiger partial charge in [0.2, 0.25) is 5.91 Å². The second-order valence-corrected chi connectivity index (χ2v) is 11.8. The lowest BCUT2D eigenvalue weighted by atomic mass is 9.80. The van der Waals surface area contributed by atoms with Gasteiger partial charge in [0.05, 0.1) is 24.8 Å². The summed E-state index contributed by atoms with van der Waals surface area (Å²) in [7, 11) is 1.42. The van der Waals surface area contributed by atoms with Crippen LogP contribution < -0.4 is 16.4 Å². The number of nitrogens with zero attached hydrogens (tertiary/aromatic N) is 1. The van der Waals surface area contributed by atoms with Crippen LogP contribution in [0.2, 0.25) is 0 Å². The third kappa shape index (κ3) is 6.08. The number of allylic oxidation sites excluding steroid dienone is 2. The number of rotatable bonds is 11. The number of aromatic nitrogens is 1. The van der Waals surface area contributed by atoms with Gasteiger partial charge in [-0.25, -0.2) is 13.8 Å². The number of hydrogen-bond acceptors (Lipinski definition) is 7. The van der Waals surface area contributed by atoms with Crippen molar-refractivity contribution in [2.75, 3.05) is 13.7 Å². The van der Waals surface area contributed by atoms with Gasteiger partial charge in [0.1, 0.15) is 28.6 Å². The maximum atomic E-state index is 15.9. The molecule has 2 amide bonds. The zero-order chi connectivity index (χ0) is 31.1. The van der Waals surface area contributed by atoms with Crippen LogP contribution in [0.1, 0.15) is 50.8 Å². The van der Waals surface area contributed by atoms with Crippen LogP contribution in [0.25, 0.3) is 11.3 Å². The molecular weight excluding hydrogens is 556 g/mol. The highest BCUT2D eigenvalue weighted by Crippen LogP contribution is 2.46. The first-order valence-corrected chi connectivity index (χ1v) is 14.2. The van der Waals surface area contributed by atoms with E-state index >= 15 is 4.39 Å². The van der Waals surface area contributed by atoms with Crippen LogP contribution in [0.4, 0.5) is 8.78 Å². The topological polar surface area (TPSA) is 150 Å². The number of methoxy groups -OCH3 is 1. The molecule has 0 spiro atoms. The molecule has 3 aliphatic carbocycles. The van der Waals surface area contributed by atoms with E-state index in [9.17, 15) is 19.1 Å². The second-order valence-electron chi connectivity index (χ2n) is 11.8. The summed E-state index contributed by atoms with van der Waals surface area (Å²) < 4.78 is 34.9. The van der Waals surface area contributed by atoms with E-state index in [1.165, 1.54) is 45.2 Å². The van der Waals surface area contributed by atoms with Crippen molar-refractivity contribution in [3.63, 3.8) is 0 Å². The fourth-order valence-electron chi connectivity index (χ4n) is 4.96. The summed E-state index contributed by atoms with van der Waals surface area (Å²) in [5.74, 6) is -2.71. The largest absolute Gasteiger partial charge is 0.494 e. The summed E-state index contributed by atoms with van der Waals surface area (Å²) in [4.78, 5) is 30.2. The molecule has 2 saturated carbocycles. The molecule has 2 fully saturated rings. The van der Waals surface area contributed by atoms with E-state index in [1.807, 2.05) is 0 Å². The number of primary amides is 1. The minimum Gasteiger partial charge on any atom is -0.494 e. The molecule has 6 N–H and O–H groups in total. The predicted octanol–water partition coefficient (Wildman–Crippen LogP) is 3.63. The molecule has 1 atom stereocenters. The Balaban J connectivity index is 1.50. The van der Waals surface area contributed by atoms with Crippen molar-refractivity contribution in [3.8, 4) is 11.3 Å². The summed E-state index contributed by atoms with van der Waals surface area (Å²) in [5.41, 5.74) is 3.34. The zero-order valence-electron chi connectivity index (χ0n) is 24.3. The average Bonchev–Trinajstić information content (AvgIpc) is 3.90. The van der Waals surface area contributed by atoms with Crippen LogP contribution in [0.3, 0.4) is 0 Å². The molecule has 11 heteroatoms. The standard InChI is InChI=1S/C32H35F2N5O4/c1-31(2,30(36)41)23-14-25(39-28(26(23)34)17-4-8-21(33)9-5-17)32(42,20-6-7-20)16-38-29(40)18-12-19(15-37-22-10-11-22)27(35)24(13-18)43-3/h4-5,8-9,12-15,20,22,35,37,42H,6-7,10-11,16H2,1-3H3,(H2,36,41)(H,38,40)/b19-15-,35-27?/t32-/m1/s1. The lowest BCUT2D eigenvalue weighted by Gasteiger charge is -2.31. The van der Waals surface area contributed by atoms with E-state index in [0.29, 0.717) is 24.5 Å². The van der Waals surface area contributed by atoms with E-state index in [1.54, 1.807) is 12.3 Å². The highest BCUT2D eigenvalue weighted by atomic mass is 19.1. The molecule has 43 heavy (non-hydrogen) atoms. The number of carbonyl (C=O) groups is 2. The Hall–Kier alpha value is -4.38. The first kappa shape index (κ1) is 30.1. The number of ether oxygens (including phenoxy) is 1. The van der Waals surface area contributed by atoms with Crippen LogP contribution in [-0.4, -0.2) is 47.3 Å². The highest BCUT2D eigenvalue weighted by Gasteiger charge is 2.48. The van der Waals surface area contributed by atoms with E-state index in [2.05, 4.69) is 15.6 Å². The maximum absolute atomic E-state index is 15.9. The number of amides is 2. The van der Waals surface area contributed by atoms with Crippen LogP contribution in [-0.2, 0) is 25.3 Å². The molecule has 0 radical (unpaired) electrons. The molecule has 2 aromatic rings. The summed E-state index contributed by atoms with van der Waals surface area (Å²) in [6, 6.07) is 6.73. The van der Waals surface area contributed by atoms with Crippen molar-refractivity contribution < 1.29 is 28.2 Å². The molecule has 1 aromatic heterocycles. The zero-order valence-corrected chi connectivity index (χ0v) is 24.3. The van der Waals surface area contributed by atoms with Crippen molar-refractivity contribution >= 4 is 17.5 Å². The summed E-state index contributed by atoms with van der Waals surface area (Å²) in [5, 5.41) is 26.4. The summed E-state index contributed by atoms with van der Waals surface area (Å²) in [6.45, 7) is 2.68. The lowest BCUT2D eigenvalue weighted by Crippen LogP contribution is -2.44. The molecule has 9 nitrogen and oxygen atoms in total. The average molecular weight is 592 g/mol. The Kier molecular flexibility index (Phi) is 7.95. The van der Waals surface area contributed by atoms with Gasteiger partial charge >= 0.3 is 0 Å². The maximum Gasteiger partial charge on any atom is 0.251 e. The minimum atomic E-state index is -1.72. The van der Waals surface area contributed by atoms with Gasteiger partial charge in [-0.05, 0) is 87.9 Å². The molecular formula is C32H35F2N5O4. The quantitative estimate of drug-likeness (QED) is 0.269. The molecule has 1 heterocycles. The number of hydrogen-bond donors (Lipinski definition) is 5. The van der Waals surface area contributed by atoms with Gasteiger partial charge in [0.25, 0.3) is 5.91 Å². The van der Waals surface area contributed by atoms with Crippen molar-refractivity contribution in [1.82, 2.24) is 15.6 Å². The number of halogens is 2. The third-order valence-corrected chi connectivity index (χ3v) is 8.25. The summed E-state index contributed by atoms with van der Waals surface area (Å²) >= 11 is 0. The van der Waals surface area contributed by atoms with Crippen molar-refractivity contribution in [3.05, 3.63) is 88.5 Å². The first-order valence-electron chi connectivity index (χ1n) is 14.2. The van der Waals surface area contributed by atoms with Gasteiger partial charge in [0.15, 0.2) is 5.82 Å². The van der Waals surface area contributed by atoms with Crippen LogP contribution in [0, 0.1) is 23.0 Å². The Bertz CT molecular complexity index is 1570. The van der Waals surface area contributed by atoms with E-state index in [4.69, 9.17) is 15.9 Å². The van der Waals surface area contributed by atoms with E-state index < -0.39 is 34.5 Å². The molecule has 1 aromatic carbocycles. The van der Waals surface area contributed by atoms with Crippen LogP contribution in [0.5, 0.6) is 0 Å². The van der Waals surface area contributed by atoms with Gasteiger partial charge < -0.3 is 26.2 Å². The number of aliphatic hydroxyl groups is 1. The van der Waals surface area contributed by atoms with Crippen molar-refractivity contribution in [1.29, 1.82) is 5.41 Å². The first-order chi connectivity index (χ1) is 20.3.